The smallest absolute Gasteiger partial charge is 0.407 e. The Balaban J connectivity index is 1.81. The van der Waals surface area contributed by atoms with E-state index in [1.807, 2.05) is 12.1 Å². The first-order valence-electron chi connectivity index (χ1n) is 8.89. The highest BCUT2D eigenvalue weighted by Gasteiger charge is 2.36. The molecule has 0 aromatic heterocycles. The lowest BCUT2D eigenvalue weighted by Crippen LogP contribution is -2.40. The summed E-state index contributed by atoms with van der Waals surface area (Å²) < 4.78 is 10.4. The van der Waals surface area contributed by atoms with E-state index in [-0.39, 0.29) is 31.3 Å². The van der Waals surface area contributed by atoms with Crippen molar-refractivity contribution >= 4 is 23.6 Å². The molecule has 27 heavy (non-hydrogen) atoms. The fraction of sp³-hybridized carbons (Fsp3) is 0.526. The highest BCUT2D eigenvalue weighted by molar-refractivity contribution is 6.01. The number of alkyl carbamates (subject to hydrolysis) is 1. The second-order valence-corrected chi connectivity index (χ2v) is 7.30. The van der Waals surface area contributed by atoms with Crippen LogP contribution in [-0.2, 0) is 14.3 Å². The zero-order chi connectivity index (χ0) is 20.0. The maximum Gasteiger partial charge on any atom is 0.407 e. The Morgan fingerprint density at radius 3 is 2.52 bits per heavy atom. The Morgan fingerprint density at radius 2 is 1.85 bits per heavy atom. The van der Waals surface area contributed by atoms with Crippen molar-refractivity contribution in [3.8, 4) is 5.75 Å². The third-order valence-corrected chi connectivity index (χ3v) is 3.96. The van der Waals surface area contributed by atoms with Crippen molar-refractivity contribution in [1.82, 2.24) is 10.6 Å². The molecule has 2 rings (SSSR count). The van der Waals surface area contributed by atoms with Gasteiger partial charge in [0, 0.05) is 26.1 Å². The molecule has 0 saturated carbocycles. The molecular weight excluding hydrogens is 350 g/mol. The zero-order valence-electron chi connectivity index (χ0n) is 16.2. The maximum absolute atomic E-state index is 12.3. The fourth-order valence-electron chi connectivity index (χ4n) is 2.78. The number of carbonyl (C=O) groups is 3. The van der Waals surface area contributed by atoms with Crippen molar-refractivity contribution in [2.45, 2.75) is 32.8 Å². The van der Waals surface area contributed by atoms with Gasteiger partial charge in [-0.15, -0.1) is 0 Å². The zero-order valence-corrected chi connectivity index (χ0v) is 16.2. The standard InChI is InChI=1S/C19H27N3O5/c1-19(2,3)27-18(25)21-10-9-20-17(24)13-11-16(23)22(12-13)14-7-5-6-8-15(14)26-4/h5-8,13H,9-12H2,1-4H3,(H,20,24)(H,21,25)/t13-/m1/s1. The van der Waals surface area contributed by atoms with Gasteiger partial charge in [-0.3, -0.25) is 9.59 Å². The van der Waals surface area contributed by atoms with Crippen LogP contribution in [0.5, 0.6) is 5.75 Å². The summed E-state index contributed by atoms with van der Waals surface area (Å²) in [5.74, 6) is -0.185. The van der Waals surface area contributed by atoms with Crippen LogP contribution in [0.3, 0.4) is 0 Å². The van der Waals surface area contributed by atoms with Gasteiger partial charge in [-0.25, -0.2) is 4.79 Å². The van der Waals surface area contributed by atoms with Gasteiger partial charge < -0.3 is 25.0 Å². The molecule has 8 nitrogen and oxygen atoms in total. The molecule has 0 unspecified atom stereocenters. The molecule has 1 aliphatic rings. The molecule has 148 valence electrons. The Labute approximate surface area is 159 Å². The highest BCUT2D eigenvalue weighted by Crippen LogP contribution is 2.32. The number of amides is 3. The topological polar surface area (TPSA) is 97.0 Å². The second-order valence-electron chi connectivity index (χ2n) is 7.30. The minimum Gasteiger partial charge on any atom is -0.495 e. The van der Waals surface area contributed by atoms with Gasteiger partial charge in [0.2, 0.25) is 11.8 Å². The summed E-state index contributed by atoms with van der Waals surface area (Å²) in [5, 5.41) is 5.32. The van der Waals surface area contributed by atoms with E-state index in [0.717, 1.165) is 0 Å². The molecule has 1 aliphatic heterocycles. The molecule has 0 aliphatic carbocycles. The third-order valence-electron chi connectivity index (χ3n) is 3.96. The lowest BCUT2D eigenvalue weighted by molar-refractivity contribution is -0.126. The van der Waals surface area contributed by atoms with Crippen LogP contribution in [0.25, 0.3) is 0 Å². The minimum absolute atomic E-state index is 0.119. The number of carbonyl (C=O) groups excluding carboxylic acids is 3. The molecule has 1 aromatic rings. The fourth-order valence-corrected chi connectivity index (χ4v) is 2.78. The molecule has 0 radical (unpaired) electrons. The number of methoxy groups -OCH3 is 1. The van der Waals surface area contributed by atoms with Crippen LogP contribution in [0.15, 0.2) is 24.3 Å². The number of nitrogens with one attached hydrogen (secondary N) is 2. The molecule has 0 bridgehead atoms. The minimum atomic E-state index is -0.570. The summed E-state index contributed by atoms with van der Waals surface area (Å²) >= 11 is 0. The van der Waals surface area contributed by atoms with E-state index in [4.69, 9.17) is 9.47 Å². The number of para-hydroxylation sites is 2. The molecule has 1 atom stereocenters. The SMILES string of the molecule is COc1ccccc1N1C[C@H](C(=O)NCCNC(=O)OC(C)(C)C)CC1=O. The van der Waals surface area contributed by atoms with E-state index in [2.05, 4.69) is 10.6 Å². The van der Waals surface area contributed by atoms with Crippen molar-refractivity contribution in [3.63, 3.8) is 0 Å². The number of nitrogens with zero attached hydrogens (tertiary/aromatic N) is 1. The van der Waals surface area contributed by atoms with E-state index in [9.17, 15) is 14.4 Å². The number of hydrogen-bond acceptors (Lipinski definition) is 5. The van der Waals surface area contributed by atoms with Crippen LogP contribution in [-0.4, -0.2) is 50.3 Å². The van der Waals surface area contributed by atoms with Gasteiger partial charge in [-0.1, -0.05) is 12.1 Å². The Hall–Kier alpha value is -2.77. The number of rotatable bonds is 6. The summed E-state index contributed by atoms with van der Waals surface area (Å²) in [4.78, 5) is 37.8. The van der Waals surface area contributed by atoms with E-state index in [1.54, 1.807) is 44.9 Å². The quantitative estimate of drug-likeness (QED) is 0.736. The molecule has 1 fully saturated rings. The van der Waals surface area contributed by atoms with E-state index in [0.29, 0.717) is 18.0 Å². The second kappa shape index (κ2) is 8.75. The van der Waals surface area contributed by atoms with Gasteiger partial charge >= 0.3 is 6.09 Å². The predicted octanol–water partition coefficient (Wildman–Crippen LogP) is 1.69. The largest absolute Gasteiger partial charge is 0.495 e. The first-order valence-corrected chi connectivity index (χ1v) is 8.89. The predicted molar refractivity (Wildman–Crippen MR) is 101 cm³/mol. The molecular formula is C19H27N3O5. The Kier molecular flexibility index (Phi) is 6.65. The number of ether oxygens (including phenoxy) is 2. The first-order chi connectivity index (χ1) is 12.7. The lowest BCUT2D eigenvalue weighted by Gasteiger charge is -2.20. The van der Waals surface area contributed by atoms with Crippen LogP contribution in [0.2, 0.25) is 0 Å². The van der Waals surface area contributed by atoms with Crippen LogP contribution in [0.4, 0.5) is 10.5 Å². The lowest BCUT2D eigenvalue weighted by atomic mass is 10.1. The van der Waals surface area contributed by atoms with Crippen molar-refractivity contribution in [2.75, 3.05) is 31.6 Å². The monoisotopic (exact) mass is 377 g/mol. The Morgan fingerprint density at radius 1 is 1.19 bits per heavy atom. The van der Waals surface area contributed by atoms with Gasteiger partial charge in [0.05, 0.1) is 18.7 Å². The van der Waals surface area contributed by atoms with Gasteiger partial charge in [0.15, 0.2) is 0 Å². The molecule has 2 N–H and O–H groups in total. The van der Waals surface area contributed by atoms with Crippen molar-refractivity contribution < 1.29 is 23.9 Å². The van der Waals surface area contributed by atoms with Gasteiger partial charge in [0.1, 0.15) is 11.4 Å². The van der Waals surface area contributed by atoms with Crippen LogP contribution in [0.1, 0.15) is 27.2 Å². The van der Waals surface area contributed by atoms with Crippen LogP contribution >= 0.6 is 0 Å². The summed E-state index contributed by atoms with van der Waals surface area (Å²) in [6, 6.07) is 7.21. The van der Waals surface area contributed by atoms with Crippen molar-refractivity contribution in [1.29, 1.82) is 0 Å². The highest BCUT2D eigenvalue weighted by atomic mass is 16.6. The molecule has 8 heteroatoms. The summed E-state index contributed by atoms with van der Waals surface area (Å²) in [6.45, 7) is 6.14. The number of benzene rings is 1. The van der Waals surface area contributed by atoms with E-state index in [1.165, 1.54) is 0 Å². The Bertz CT molecular complexity index is 699. The average molecular weight is 377 g/mol. The van der Waals surface area contributed by atoms with Crippen molar-refractivity contribution in [2.24, 2.45) is 5.92 Å². The van der Waals surface area contributed by atoms with Gasteiger partial charge in [0.25, 0.3) is 0 Å². The third kappa shape index (κ3) is 5.87. The number of hydrogen-bond donors (Lipinski definition) is 2. The summed E-state index contributed by atoms with van der Waals surface area (Å²) in [6.07, 6.45) is -0.390. The average Bonchev–Trinajstić information content (AvgIpc) is 2.98. The first kappa shape index (κ1) is 20.5. The summed E-state index contributed by atoms with van der Waals surface area (Å²) in [5.41, 5.74) is 0.0892. The molecule has 1 saturated heterocycles. The molecule has 1 aromatic carbocycles. The van der Waals surface area contributed by atoms with E-state index >= 15 is 0 Å². The van der Waals surface area contributed by atoms with Gasteiger partial charge in [-0.05, 0) is 32.9 Å². The van der Waals surface area contributed by atoms with Crippen molar-refractivity contribution in [3.05, 3.63) is 24.3 Å². The summed E-state index contributed by atoms with van der Waals surface area (Å²) in [7, 11) is 1.54. The van der Waals surface area contributed by atoms with Crippen LogP contribution < -0.4 is 20.3 Å². The normalized spacial score (nSPS) is 16.8. The van der Waals surface area contributed by atoms with Gasteiger partial charge in [-0.2, -0.15) is 0 Å². The van der Waals surface area contributed by atoms with Crippen LogP contribution in [0, 0.1) is 5.92 Å². The number of anilines is 1. The maximum atomic E-state index is 12.3. The van der Waals surface area contributed by atoms with E-state index < -0.39 is 17.6 Å². The molecule has 1 heterocycles. The molecule has 3 amide bonds. The molecule has 0 spiro atoms.